The molecule has 6 heteroatoms. The first-order valence-corrected chi connectivity index (χ1v) is 7.26. The van der Waals surface area contributed by atoms with Crippen LogP contribution in [0.1, 0.15) is 34.9 Å². The number of hydrogen-bond donors (Lipinski definition) is 2. The Morgan fingerprint density at radius 1 is 1.43 bits per heavy atom. The highest BCUT2D eigenvalue weighted by Gasteiger charge is 2.26. The van der Waals surface area contributed by atoms with Crippen LogP contribution in [0.15, 0.2) is 24.3 Å². The van der Waals surface area contributed by atoms with Crippen LogP contribution in [0.4, 0.5) is 11.4 Å². The van der Waals surface area contributed by atoms with E-state index >= 15 is 0 Å². The van der Waals surface area contributed by atoms with Gasteiger partial charge in [-0.1, -0.05) is 17.7 Å². The molecule has 2 aromatic rings. The molecule has 0 atom stereocenters. The Labute approximate surface area is 128 Å². The molecule has 5 nitrogen and oxygen atoms in total. The molecule has 1 heterocycles. The number of benzene rings is 1. The van der Waals surface area contributed by atoms with E-state index in [9.17, 15) is 4.79 Å². The number of nitrogens with zero attached hydrogens (tertiary/aromatic N) is 2. The van der Waals surface area contributed by atoms with Crippen LogP contribution in [0.25, 0.3) is 0 Å². The number of nitrogens with one attached hydrogen (secondary N) is 2. The zero-order valence-corrected chi connectivity index (χ0v) is 12.7. The lowest BCUT2D eigenvalue weighted by Gasteiger charge is -2.19. The summed E-state index contributed by atoms with van der Waals surface area (Å²) in [5.41, 5.74) is 2.90. The first kappa shape index (κ1) is 13.9. The summed E-state index contributed by atoms with van der Waals surface area (Å²) in [5, 5.41) is 10.5. The quantitative estimate of drug-likeness (QED) is 0.911. The maximum Gasteiger partial charge on any atom is 0.276 e. The molecule has 1 aliphatic carbocycles. The van der Waals surface area contributed by atoms with Gasteiger partial charge in [0.2, 0.25) is 0 Å². The fourth-order valence-corrected chi connectivity index (χ4v) is 2.66. The van der Waals surface area contributed by atoms with Crippen molar-refractivity contribution in [2.24, 2.45) is 0 Å². The lowest BCUT2D eigenvalue weighted by atomic mass is 10.2. The zero-order valence-electron chi connectivity index (χ0n) is 12.0. The summed E-state index contributed by atoms with van der Waals surface area (Å²) in [6, 6.07) is 7.26. The van der Waals surface area contributed by atoms with Crippen molar-refractivity contribution in [3.8, 4) is 0 Å². The first-order chi connectivity index (χ1) is 10.1. The number of aromatic nitrogens is 2. The number of anilines is 2. The van der Waals surface area contributed by atoms with E-state index in [0.29, 0.717) is 22.3 Å². The lowest BCUT2D eigenvalue weighted by Crippen LogP contribution is -2.17. The second-order valence-corrected chi connectivity index (χ2v) is 5.87. The summed E-state index contributed by atoms with van der Waals surface area (Å²) >= 11 is 6.19. The van der Waals surface area contributed by atoms with Crippen molar-refractivity contribution in [2.45, 2.75) is 18.8 Å². The van der Waals surface area contributed by atoms with E-state index in [-0.39, 0.29) is 5.91 Å². The Morgan fingerprint density at radius 3 is 2.86 bits per heavy atom. The van der Waals surface area contributed by atoms with Crippen LogP contribution in [0, 0.1) is 0 Å². The van der Waals surface area contributed by atoms with Crippen LogP contribution in [-0.2, 0) is 0 Å². The molecule has 1 saturated carbocycles. The minimum Gasteiger partial charge on any atom is -0.375 e. The Hall–Kier alpha value is -2.01. The summed E-state index contributed by atoms with van der Waals surface area (Å²) < 4.78 is 0. The Balaban J connectivity index is 1.82. The normalized spacial score (nSPS) is 14.0. The van der Waals surface area contributed by atoms with Gasteiger partial charge in [0.1, 0.15) is 0 Å². The van der Waals surface area contributed by atoms with Crippen molar-refractivity contribution in [1.29, 1.82) is 0 Å². The molecule has 1 amide bonds. The number of carbonyl (C=O) groups is 1. The van der Waals surface area contributed by atoms with E-state index in [1.165, 1.54) is 12.8 Å². The molecule has 0 bridgehead atoms. The van der Waals surface area contributed by atoms with Gasteiger partial charge in [0.15, 0.2) is 5.69 Å². The third-order valence-corrected chi connectivity index (χ3v) is 3.83. The van der Waals surface area contributed by atoms with Gasteiger partial charge in [-0.15, -0.1) is 0 Å². The van der Waals surface area contributed by atoms with Crippen molar-refractivity contribution >= 4 is 28.9 Å². The average molecular weight is 305 g/mol. The molecule has 21 heavy (non-hydrogen) atoms. The molecule has 0 spiro atoms. The summed E-state index contributed by atoms with van der Waals surface area (Å²) in [7, 11) is 3.77. The van der Waals surface area contributed by atoms with Crippen molar-refractivity contribution in [1.82, 2.24) is 10.2 Å². The van der Waals surface area contributed by atoms with Gasteiger partial charge in [-0.2, -0.15) is 5.10 Å². The third kappa shape index (κ3) is 2.88. The van der Waals surface area contributed by atoms with Crippen molar-refractivity contribution in [3.05, 3.63) is 40.7 Å². The van der Waals surface area contributed by atoms with Crippen LogP contribution in [-0.4, -0.2) is 30.2 Å². The van der Waals surface area contributed by atoms with Gasteiger partial charge in [0.05, 0.1) is 16.4 Å². The molecule has 2 N–H and O–H groups in total. The lowest BCUT2D eigenvalue weighted by molar-refractivity contribution is 0.102. The molecule has 1 aromatic carbocycles. The highest BCUT2D eigenvalue weighted by atomic mass is 35.5. The highest BCUT2D eigenvalue weighted by molar-refractivity contribution is 6.34. The largest absolute Gasteiger partial charge is 0.375 e. The number of halogens is 1. The molecule has 1 fully saturated rings. The molecule has 0 saturated heterocycles. The summed E-state index contributed by atoms with van der Waals surface area (Å²) in [6.45, 7) is 0. The van der Waals surface area contributed by atoms with E-state index in [4.69, 9.17) is 11.6 Å². The fourth-order valence-electron chi connectivity index (χ4n) is 2.31. The smallest absolute Gasteiger partial charge is 0.276 e. The van der Waals surface area contributed by atoms with Gasteiger partial charge in [-0.25, -0.2) is 0 Å². The molecular formula is C15H17ClN4O. The van der Waals surface area contributed by atoms with E-state index < -0.39 is 0 Å². The maximum absolute atomic E-state index is 12.3. The zero-order chi connectivity index (χ0) is 15.0. The Bertz CT molecular complexity index is 676. The van der Waals surface area contributed by atoms with Crippen LogP contribution in [0.3, 0.4) is 0 Å². The predicted molar refractivity (Wildman–Crippen MR) is 84.3 cm³/mol. The third-order valence-electron chi connectivity index (χ3n) is 3.53. The number of hydrogen-bond acceptors (Lipinski definition) is 3. The van der Waals surface area contributed by atoms with Crippen LogP contribution < -0.4 is 10.2 Å². The second kappa shape index (κ2) is 5.41. The number of para-hydroxylation sites is 1. The summed E-state index contributed by atoms with van der Waals surface area (Å²) in [4.78, 5) is 14.2. The standard InChI is InChI=1S/C15H17ClN4O/c1-20(2)14-10(16)4-3-5-11(14)17-15(21)13-8-12(18-19-13)9-6-7-9/h3-5,8-9H,6-7H2,1-2H3,(H,17,21)(H,18,19). The van der Waals surface area contributed by atoms with Crippen molar-refractivity contribution < 1.29 is 4.79 Å². The molecule has 110 valence electrons. The first-order valence-electron chi connectivity index (χ1n) is 6.88. The molecule has 0 radical (unpaired) electrons. The second-order valence-electron chi connectivity index (χ2n) is 5.47. The monoisotopic (exact) mass is 304 g/mol. The predicted octanol–water partition coefficient (Wildman–Crippen LogP) is 3.26. The van der Waals surface area contributed by atoms with Crippen LogP contribution in [0.5, 0.6) is 0 Å². The number of rotatable bonds is 4. The van der Waals surface area contributed by atoms with Gasteiger partial charge in [-0.3, -0.25) is 9.89 Å². The number of H-pyrrole nitrogens is 1. The Morgan fingerprint density at radius 2 is 2.19 bits per heavy atom. The van der Waals surface area contributed by atoms with Crippen LogP contribution in [0.2, 0.25) is 5.02 Å². The number of amides is 1. The van der Waals surface area contributed by atoms with Gasteiger partial charge in [0.25, 0.3) is 5.91 Å². The number of aromatic amines is 1. The van der Waals surface area contributed by atoms with Crippen molar-refractivity contribution in [2.75, 3.05) is 24.3 Å². The van der Waals surface area contributed by atoms with E-state index in [1.54, 1.807) is 6.07 Å². The molecule has 0 unspecified atom stereocenters. The molecule has 3 rings (SSSR count). The van der Waals surface area contributed by atoms with E-state index in [2.05, 4.69) is 15.5 Å². The SMILES string of the molecule is CN(C)c1c(Cl)cccc1NC(=O)c1cc(C2CC2)[nH]n1. The van der Waals surface area contributed by atoms with Gasteiger partial charge in [0, 0.05) is 25.7 Å². The Kier molecular flexibility index (Phi) is 3.59. The average Bonchev–Trinajstić information content (AvgIpc) is 3.16. The minimum absolute atomic E-state index is 0.233. The summed E-state index contributed by atoms with van der Waals surface area (Å²) in [5.74, 6) is 0.311. The van der Waals surface area contributed by atoms with Gasteiger partial charge >= 0.3 is 0 Å². The fraction of sp³-hybridized carbons (Fsp3) is 0.333. The van der Waals surface area contributed by atoms with Gasteiger partial charge < -0.3 is 10.2 Å². The minimum atomic E-state index is -0.233. The van der Waals surface area contributed by atoms with Crippen molar-refractivity contribution in [3.63, 3.8) is 0 Å². The molecule has 0 aliphatic heterocycles. The van der Waals surface area contributed by atoms with Gasteiger partial charge in [-0.05, 0) is 31.0 Å². The highest BCUT2D eigenvalue weighted by Crippen LogP contribution is 2.39. The topological polar surface area (TPSA) is 61.0 Å². The number of carbonyl (C=O) groups excluding carboxylic acids is 1. The van der Waals surface area contributed by atoms with E-state index in [0.717, 1.165) is 11.4 Å². The molecular weight excluding hydrogens is 288 g/mol. The molecule has 1 aliphatic rings. The van der Waals surface area contributed by atoms with E-state index in [1.807, 2.05) is 37.2 Å². The maximum atomic E-state index is 12.3. The summed E-state index contributed by atoms with van der Waals surface area (Å²) in [6.07, 6.45) is 2.34. The van der Waals surface area contributed by atoms with Crippen LogP contribution >= 0.6 is 11.6 Å². The molecule has 1 aromatic heterocycles.